The summed E-state index contributed by atoms with van der Waals surface area (Å²) in [5.74, 6) is -0.0686. The van der Waals surface area contributed by atoms with Crippen LogP contribution in [0.15, 0.2) is 28.8 Å². The third kappa shape index (κ3) is 6.11. The number of nitro benzene ring substituents is 1. The minimum absolute atomic E-state index is 0.132. The van der Waals surface area contributed by atoms with Crippen molar-refractivity contribution in [2.24, 2.45) is 0 Å². The van der Waals surface area contributed by atoms with E-state index in [4.69, 9.17) is 4.52 Å². The third-order valence-corrected chi connectivity index (χ3v) is 4.75. The van der Waals surface area contributed by atoms with Crippen LogP contribution in [0.3, 0.4) is 0 Å². The van der Waals surface area contributed by atoms with Gasteiger partial charge in [0.15, 0.2) is 5.82 Å². The van der Waals surface area contributed by atoms with Gasteiger partial charge in [0.25, 0.3) is 11.6 Å². The van der Waals surface area contributed by atoms with Gasteiger partial charge in [-0.25, -0.2) is 0 Å². The molecule has 0 bridgehead atoms. The maximum Gasteiger partial charge on any atom is 0.273 e. The van der Waals surface area contributed by atoms with Crippen molar-refractivity contribution in [3.05, 3.63) is 51.3 Å². The van der Waals surface area contributed by atoms with Gasteiger partial charge in [-0.15, -0.1) is 0 Å². The van der Waals surface area contributed by atoms with Gasteiger partial charge in [0, 0.05) is 36.3 Å². The fourth-order valence-corrected chi connectivity index (χ4v) is 2.96. The molecule has 30 heavy (non-hydrogen) atoms. The van der Waals surface area contributed by atoms with Crippen LogP contribution in [-0.2, 0) is 4.79 Å². The van der Waals surface area contributed by atoms with Gasteiger partial charge in [0.05, 0.1) is 4.92 Å². The van der Waals surface area contributed by atoms with Gasteiger partial charge in [0.1, 0.15) is 12.3 Å². The lowest BCUT2D eigenvalue weighted by Crippen LogP contribution is -2.42. The second kappa shape index (κ2) is 10.5. The van der Waals surface area contributed by atoms with Gasteiger partial charge < -0.3 is 19.6 Å². The third-order valence-electron chi connectivity index (χ3n) is 4.75. The summed E-state index contributed by atoms with van der Waals surface area (Å²) in [6, 6.07) is 5.89. The summed E-state index contributed by atoms with van der Waals surface area (Å²) in [5.41, 5.74) is 0.495. The Morgan fingerprint density at radius 2 is 1.87 bits per heavy atom. The maximum absolute atomic E-state index is 13.1. The standard InChI is InChI=1S/C20H27N5O5/c1-5-23(6-2)9-10-24(13-19(26)21-18-11-15(4)30-22-18)20(27)16-8-7-14(3)17(12-16)25(28)29/h7-8,11-12H,5-6,9-10,13H2,1-4H3,(H,21,22,26). The number of likely N-dealkylation sites (N-methyl/N-ethyl adjacent to an activating group) is 1. The lowest BCUT2D eigenvalue weighted by Gasteiger charge is -2.26. The zero-order valence-corrected chi connectivity index (χ0v) is 17.7. The van der Waals surface area contributed by atoms with E-state index in [-0.39, 0.29) is 23.6 Å². The number of rotatable bonds is 10. The zero-order valence-electron chi connectivity index (χ0n) is 17.7. The van der Waals surface area contributed by atoms with Crippen LogP contribution in [0.4, 0.5) is 11.5 Å². The number of carbonyl (C=O) groups excluding carboxylic acids is 2. The van der Waals surface area contributed by atoms with Crippen molar-refractivity contribution in [2.75, 3.05) is 38.0 Å². The normalized spacial score (nSPS) is 10.8. The van der Waals surface area contributed by atoms with Crippen molar-refractivity contribution in [3.63, 3.8) is 0 Å². The maximum atomic E-state index is 13.1. The first-order chi connectivity index (χ1) is 14.2. The molecule has 0 aliphatic heterocycles. The lowest BCUT2D eigenvalue weighted by atomic mass is 10.1. The molecule has 10 nitrogen and oxygen atoms in total. The van der Waals surface area contributed by atoms with Crippen molar-refractivity contribution in [1.29, 1.82) is 0 Å². The Labute approximate surface area is 175 Å². The highest BCUT2D eigenvalue weighted by atomic mass is 16.6. The molecule has 0 radical (unpaired) electrons. The van der Waals surface area contributed by atoms with Crippen molar-refractivity contribution in [1.82, 2.24) is 15.0 Å². The van der Waals surface area contributed by atoms with E-state index in [1.54, 1.807) is 19.9 Å². The Kier molecular flexibility index (Phi) is 8.05. The van der Waals surface area contributed by atoms with E-state index in [0.29, 0.717) is 24.4 Å². The molecule has 2 amide bonds. The molecule has 0 aliphatic carbocycles. The number of nitrogens with one attached hydrogen (secondary N) is 1. The molecule has 1 aromatic heterocycles. The van der Waals surface area contributed by atoms with E-state index < -0.39 is 16.7 Å². The fraction of sp³-hybridized carbons (Fsp3) is 0.450. The first kappa shape index (κ1) is 23.0. The number of aryl methyl sites for hydroxylation is 2. The number of nitrogens with zero attached hydrogens (tertiary/aromatic N) is 4. The lowest BCUT2D eigenvalue weighted by molar-refractivity contribution is -0.385. The Hall–Kier alpha value is -3.27. The first-order valence-electron chi connectivity index (χ1n) is 9.75. The Morgan fingerprint density at radius 1 is 1.17 bits per heavy atom. The smallest absolute Gasteiger partial charge is 0.273 e. The summed E-state index contributed by atoms with van der Waals surface area (Å²) in [6.45, 7) is 9.60. The molecule has 0 aliphatic rings. The van der Waals surface area contributed by atoms with E-state index in [2.05, 4.69) is 15.4 Å². The van der Waals surface area contributed by atoms with E-state index >= 15 is 0 Å². The van der Waals surface area contributed by atoms with Crippen LogP contribution >= 0.6 is 0 Å². The van der Waals surface area contributed by atoms with Crippen molar-refractivity contribution < 1.29 is 19.0 Å². The molecule has 0 spiro atoms. The molecular weight excluding hydrogens is 390 g/mol. The molecule has 0 unspecified atom stereocenters. The van der Waals surface area contributed by atoms with E-state index in [1.807, 2.05) is 13.8 Å². The molecule has 0 atom stereocenters. The summed E-state index contributed by atoms with van der Waals surface area (Å²) in [6.07, 6.45) is 0. The average molecular weight is 417 g/mol. The summed E-state index contributed by atoms with van der Waals surface area (Å²) in [7, 11) is 0. The van der Waals surface area contributed by atoms with Gasteiger partial charge in [-0.1, -0.05) is 25.1 Å². The molecule has 0 saturated carbocycles. The predicted molar refractivity (Wildman–Crippen MR) is 111 cm³/mol. The van der Waals surface area contributed by atoms with Gasteiger partial charge in [-0.3, -0.25) is 19.7 Å². The number of hydrogen-bond donors (Lipinski definition) is 1. The Bertz CT molecular complexity index is 907. The molecule has 10 heteroatoms. The monoisotopic (exact) mass is 417 g/mol. The highest BCUT2D eigenvalue weighted by molar-refractivity contribution is 5.99. The molecule has 1 aromatic carbocycles. The fourth-order valence-electron chi connectivity index (χ4n) is 2.96. The first-order valence-corrected chi connectivity index (χ1v) is 9.75. The molecule has 1 heterocycles. The number of benzene rings is 1. The van der Waals surface area contributed by atoms with Crippen molar-refractivity contribution >= 4 is 23.3 Å². The van der Waals surface area contributed by atoms with Crippen LogP contribution < -0.4 is 5.32 Å². The topological polar surface area (TPSA) is 122 Å². The second-order valence-electron chi connectivity index (χ2n) is 6.88. The minimum atomic E-state index is -0.522. The molecular formula is C20H27N5O5. The highest BCUT2D eigenvalue weighted by Gasteiger charge is 2.23. The van der Waals surface area contributed by atoms with Crippen LogP contribution in [0.2, 0.25) is 0 Å². The van der Waals surface area contributed by atoms with Crippen molar-refractivity contribution in [2.45, 2.75) is 27.7 Å². The summed E-state index contributed by atoms with van der Waals surface area (Å²) in [5, 5.41) is 17.5. The SMILES string of the molecule is CCN(CC)CCN(CC(=O)Nc1cc(C)on1)C(=O)c1ccc(C)c([N+](=O)[O-])c1. The quantitative estimate of drug-likeness (QED) is 0.466. The summed E-state index contributed by atoms with van der Waals surface area (Å²) in [4.78, 5) is 39.8. The molecule has 0 fully saturated rings. The highest BCUT2D eigenvalue weighted by Crippen LogP contribution is 2.20. The van der Waals surface area contributed by atoms with Crippen molar-refractivity contribution in [3.8, 4) is 0 Å². The second-order valence-corrected chi connectivity index (χ2v) is 6.88. The molecule has 0 saturated heterocycles. The summed E-state index contributed by atoms with van der Waals surface area (Å²) < 4.78 is 4.93. The minimum Gasteiger partial charge on any atom is -0.360 e. The number of aromatic nitrogens is 1. The molecule has 2 aromatic rings. The largest absolute Gasteiger partial charge is 0.360 e. The van der Waals surface area contributed by atoms with Gasteiger partial charge >= 0.3 is 0 Å². The number of hydrogen-bond acceptors (Lipinski definition) is 7. The number of amides is 2. The zero-order chi connectivity index (χ0) is 22.3. The van der Waals surface area contributed by atoms with E-state index in [0.717, 1.165) is 13.1 Å². The van der Waals surface area contributed by atoms with Gasteiger partial charge in [-0.2, -0.15) is 0 Å². The summed E-state index contributed by atoms with van der Waals surface area (Å²) >= 11 is 0. The average Bonchev–Trinajstić information content (AvgIpc) is 3.11. The molecule has 1 N–H and O–H groups in total. The number of nitro groups is 1. The van der Waals surface area contributed by atoms with E-state index in [1.165, 1.54) is 23.1 Å². The Balaban J connectivity index is 2.21. The molecule has 162 valence electrons. The van der Waals surface area contributed by atoms with Crippen LogP contribution in [0.5, 0.6) is 0 Å². The van der Waals surface area contributed by atoms with Crippen LogP contribution in [0.1, 0.15) is 35.5 Å². The molecule has 2 rings (SSSR count). The Morgan fingerprint density at radius 3 is 2.43 bits per heavy atom. The van der Waals surface area contributed by atoms with Gasteiger partial charge in [0.2, 0.25) is 5.91 Å². The predicted octanol–water partition coefficient (Wildman–Crippen LogP) is 2.62. The number of anilines is 1. The van der Waals surface area contributed by atoms with E-state index in [9.17, 15) is 19.7 Å². The number of carbonyl (C=O) groups is 2. The van der Waals surface area contributed by atoms with Crippen LogP contribution in [-0.4, -0.2) is 64.4 Å². The van der Waals surface area contributed by atoms with Crippen LogP contribution in [0, 0.1) is 24.0 Å². The van der Waals surface area contributed by atoms with Gasteiger partial charge in [-0.05, 0) is 33.0 Å². The van der Waals surface area contributed by atoms with Crippen LogP contribution in [0.25, 0.3) is 0 Å².